The summed E-state index contributed by atoms with van der Waals surface area (Å²) in [6, 6.07) is 9.06. The van der Waals surface area contributed by atoms with Gasteiger partial charge in [-0.05, 0) is 64.3 Å². The van der Waals surface area contributed by atoms with Gasteiger partial charge in [0, 0.05) is 36.4 Å². The number of piperidine rings is 1. The maximum Gasteiger partial charge on any atom is 0.243 e. The number of carbonyl (C=O) groups is 1. The molecular weight excluding hydrogens is 452 g/mol. The number of carbonyl (C=O) groups excluding carboxylic acids is 1. The molecule has 1 amide bonds. The molecule has 2 aliphatic heterocycles. The molecule has 3 unspecified atom stereocenters. The normalized spacial score (nSPS) is 27.3. The van der Waals surface area contributed by atoms with Crippen LogP contribution in [0.15, 0.2) is 29.2 Å². The van der Waals surface area contributed by atoms with Gasteiger partial charge in [0.05, 0.1) is 23.3 Å². The number of amides is 1. The lowest BCUT2D eigenvalue weighted by Gasteiger charge is -2.42. The van der Waals surface area contributed by atoms with Crippen LogP contribution in [0.4, 0.5) is 5.69 Å². The minimum absolute atomic E-state index is 0.000135. The number of nitriles is 1. The number of fused-ring (bicyclic) bond motifs is 1. The number of rotatable bonds is 6. The summed E-state index contributed by atoms with van der Waals surface area (Å²) in [4.78, 5) is 13.1. The lowest BCUT2D eigenvalue weighted by atomic mass is 9.86. The topological polar surface area (TPSA) is 118 Å². The third-order valence-electron chi connectivity index (χ3n) is 7.66. The van der Waals surface area contributed by atoms with Crippen molar-refractivity contribution in [3.05, 3.63) is 24.3 Å². The van der Waals surface area contributed by atoms with E-state index in [0.717, 1.165) is 37.8 Å². The Labute approximate surface area is 202 Å². The number of nitrogens with zero attached hydrogens (tertiary/aromatic N) is 3. The van der Waals surface area contributed by atoms with E-state index in [1.807, 2.05) is 20.8 Å². The minimum Gasteiger partial charge on any atom is -0.368 e. The molecule has 186 valence electrons. The average Bonchev–Trinajstić information content (AvgIpc) is 3.40. The molecule has 0 spiro atoms. The molecule has 1 saturated carbocycles. The molecule has 9 nitrogen and oxygen atoms in total. The van der Waals surface area contributed by atoms with E-state index >= 15 is 0 Å². The second-order valence-electron chi connectivity index (χ2n) is 10.7. The molecule has 3 fully saturated rings. The van der Waals surface area contributed by atoms with Crippen LogP contribution < -0.4 is 16.1 Å². The molecule has 3 N–H and O–H groups in total. The first-order chi connectivity index (χ1) is 16.0. The van der Waals surface area contributed by atoms with E-state index in [4.69, 9.17) is 0 Å². The van der Waals surface area contributed by atoms with Crippen molar-refractivity contribution in [2.45, 2.75) is 87.5 Å². The maximum atomic E-state index is 13.0. The van der Waals surface area contributed by atoms with Crippen molar-refractivity contribution in [1.82, 2.24) is 20.1 Å². The number of hydrogen-bond donors (Lipinski definition) is 3. The van der Waals surface area contributed by atoms with Gasteiger partial charge in [-0.2, -0.15) is 9.57 Å². The van der Waals surface area contributed by atoms with Crippen LogP contribution in [0.1, 0.15) is 59.3 Å². The van der Waals surface area contributed by atoms with Crippen molar-refractivity contribution < 1.29 is 13.2 Å². The average molecular weight is 489 g/mol. The third-order valence-corrected chi connectivity index (χ3v) is 9.80. The van der Waals surface area contributed by atoms with Gasteiger partial charge in [-0.3, -0.25) is 4.79 Å². The fraction of sp³-hybridized carbons (Fsp3) is 0.667. The molecule has 2 heterocycles. The van der Waals surface area contributed by atoms with E-state index in [9.17, 15) is 18.5 Å². The van der Waals surface area contributed by atoms with E-state index in [-0.39, 0.29) is 34.5 Å². The minimum atomic E-state index is -3.62. The fourth-order valence-corrected chi connectivity index (χ4v) is 7.04. The van der Waals surface area contributed by atoms with E-state index in [2.05, 4.69) is 27.1 Å². The molecule has 1 aromatic carbocycles. The summed E-state index contributed by atoms with van der Waals surface area (Å²) in [6.45, 7) is 6.19. The summed E-state index contributed by atoms with van der Waals surface area (Å²) in [6.07, 6.45) is 4.97. The SMILES string of the molecule is CN(C(C)(C)C)S(=O)(=O)c1ccc(NC2NN(C3(CC#N)CCCC3)C3CCNC(=O)C23)cc1. The van der Waals surface area contributed by atoms with Crippen LogP contribution in [0.25, 0.3) is 0 Å². The standard InChI is InChI=1S/C24H36N6O3S/c1-23(2,3)29(4)34(32,33)18-9-7-17(8-10-18)27-21-20-19(11-16-26-22(20)31)30(28-21)24(14-15-25)12-5-6-13-24/h7-10,19-21,27-28H,5-6,11-14,16H2,1-4H3,(H,26,31). The molecule has 3 aliphatic rings. The molecule has 1 aliphatic carbocycles. The van der Waals surface area contributed by atoms with E-state index in [1.165, 1.54) is 4.31 Å². The number of sulfonamides is 1. The molecule has 0 bridgehead atoms. The second-order valence-corrected chi connectivity index (χ2v) is 12.7. The van der Waals surface area contributed by atoms with Crippen molar-refractivity contribution in [1.29, 1.82) is 5.26 Å². The molecule has 34 heavy (non-hydrogen) atoms. The highest BCUT2D eigenvalue weighted by atomic mass is 32.2. The molecule has 2 saturated heterocycles. The van der Waals surface area contributed by atoms with Gasteiger partial charge in [-0.15, -0.1) is 0 Å². The van der Waals surface area contributed by atoms with Crippen LogP contribution >= 0.6 is 0 Å². The van der Waals surface area contributed by atoms with Gasteiger partial charge in [0.25, 0.3) is 0 Å². The number of hydrazine groups is 1. The van der Waals surface area contributed by atoms with E-state index < -0.39 is 15.6 Å². The predicted octanol–water partition coefficient (Wildman–Crippen LogP) is 2.39. The van der Waals surface area contributed by atoms with Crippen LogP contribution in [-0.2, 0) is 14.8 Å². The lowest BCUT2D eigenvalue weighted by Crippen LogP contribution is -2.57. The molecule has 10 heteroatoms. The first-order valence-electron chi connectivity index (χ1n) is 12.1. The highest BCUT2D eigenvalue weighted by Gasteiger charge is 2.54. The molecule has 0 radical (unpaired) electrons. The summed E-state index contributed by atoms with van der Waals surface area (Å²) >= 11 is 0. The molecule has 3 atom stereocenters. The molecule has 4 rings (SSSR count). The number of benzene rings is 1. The van der Waals surface area contributed by atoms with Crippen LogP contribution in [0.2, 0.25) is 0 Å². The second kappa shape index (κ2) is 9.11. The highest BCUT2D eigenvalue weighted by Crippen LogP contribution is 2.43. The van der Waals surface area contributed by atoms with Gasteiger partial charge in [-0.25, -0.2) is 18.9 Å². The Morgan fingerprint density at radius 3 is 2.47 bits per heavy atom. The Kier molecular flexibility index (Phi) is 6.68. The van der Waals surface area contributed by atoms with Crippen molar-refractivity contribution in [3.8, 4) is 6.07 Å². The van der Waals surface area contributed by atoms with Crippen molar-refractivity contribution in [2.75, 3.05) is 18.9 Å². The van der Waals surface area contributed by atoms with Crippen molar-refractivity contribution in [2.24, 2.45) is 5.92 Å². The number of hydrogen-bond acceptors (Lipinski definition) is 7. The lowest BCUT2D eigenvalue weighted by molar-refractivity contribution is -0.128. The quantitative estimate of drug-likeness (QED) is 0.563. The van der Waals surface area contributed by atoms with Crippen LogP contribution in [0.3, 0.4) is 0 Å². The number of anilines is 1. The van der Waals surface area contributed by atoms with Crippen LogP contribution in [0, 0.1) is 17.2 Å². The van der Waals surface area contributed by atoms with Gasteiger partial charge in [0.15, 0.2) is 0 Å². The monoisotopic (exact) mass is 488 g/mol. The third kappa shape index (κ3) is 4.42. The first-order valence-corrected chi connectivity index (χ1v) is 13.5. The summed E-state index contributed by atoms with van der Waals surface area (Å²) in [5.74, 6) is -0.305. The number of nitrogens with one attached hydrogen (secondary N) is 3. The first kappa shape index (κ1) is 24.9. The summed E-state index contributed by atoms with van der Waals surface area (Å²) in [7, 11) is -2.03. The Morgan fingerprint density at radius 1 is 1.24 bits per heavy atom. The van der Waals surface area contributed by atoms with Gasteiger partial charge >= 0.3 is 0 Å². The van der Waals surface area contributed by atoms with Gasteiger partial charge < -0.3 is 10.6 Å². The Morgan fingerprint density at radius 2 is 1.88 bits per heavy atom. The zero-order valence-corrected chi connectivity index (χ0v) is 21.3. The largest absolute Gasteiger partial charge is 0.368 e. The smallest absolute Gasteiger partial charge is 0.243 e. The highest BCUT2D eigenvalue weighted by molar-refractivity contribution is 7.89. The molecular formula is C24H36N6O3S. The summed E-state index contributed by atoms with van der Waals surface area (Å²) in [5.41, 5.74) is 3.50. The van der Waals surface area contributed by atoms with Crippen LogP contribution in [0.5, 0.6) is 0 Å². The van der Waals surface area contributed by atoms with Gasteiger partial charge in [-0.1, -0.05) is 12.8 Å². The van der Waals surface area contributed by atoms with E-state index in [1.54, 1.807) is 31.3 Å². The maximum absolute atomic E-state index is 13.0. The zero-order chi connectivity index (χ0) is 24.7. The fourth-order valence-electron chi connectivity index (χ4n) is 5.52. The summed E-state index contributed by atoms with van der Waals surface area (Å²) < 4.78 is 27.3. The Bertz CT molecular complexity index is 1050. The van der Waals surface area contributed by atoms with Crippen LogP contribution in [-0.4, -0.2) is 60.5 Å². The summed E-state index contributed by atoms with van der Waals surface area (Å²) in [5, 5.41) is 18.1. The van der Waals surface area contributed by atoms with Gasteiger partial charge in [0.1, 0.15) is 6.17 Å². The Balaban J connectivity index is 1.56. The predicted molar refractivity (Wildman–Crippen MR) is 130 cm³/mol. The molecule has 1 aromatic rings. The van der Waals surface area contributed by atoms with Gasteiger partial charge in [0.2, 0.25) is 15.9 Å². The van der Waals surface area contributed by atoms with Crippen molar-refractivity contribution in [3.63, 3.8) is 0 Å². The zero-order valence-electron chi connectivity index (χ0n) is 20.5. The van der Waals surface area contributed by atoms with E-state index in [0.29, 0.717) is 13.0 Å². The Hall–Kier alpha value is -2.19. The van der Waals surface area contributed by atoms with Crippen molar-refractivity contribution >= 4 is 21.6 Å². The molecule has 0 aromatic heterocycles.